The van der Waals surface area contributed by atoms with Crippen molar-refractivity contribution < 1.29 is 4.79 Å². The molecule has 1 aromatic heterocycles. The largest absolute Gasteiger partial charge is 0.370 e. The average molecular weight is 325 g/mol. The number of aryl methyl sites for hydroxylation is 1. The van der Waals surface area contributed by atoms with Crippen LogP contribution in [0.3, 0.4) is 0 Å². The first kappa shape index (κ1) is 18.0. The third-order valence-electron chi connectivity index (χ3n) is 4.00. The van der Waals surface area contributed by atoms with Gasteiger partial charge >= 0.3 is 0 Å². The van der Waals surface area contributed by atoms with E-state index in [-0.39, 0.29) is 5.91 Å². The maximum absolute atomic E-state index is 12.2. The summed E-state index contributed by atoms with van der Waals surface area (Å²) in [6.45, 7) is 3.78. The highest BCUT2D eigenvalue weighted by Gasteiger charge is 2.11. The zero-order chi connectivity index (χ0) is 17.2. The Morgan fingerprint density at radius 3 is 2.58 bits per heavy atom. The van der Waals surface area contributed by atoms with Gasteiger partial charge in [0.1, 0.15) is 5.82 Å². The summed E-state index contributed by atoms with van der Waals surface area (Å²) in [5, 5.41) is 3.31. The molecule has 1 amide bonds. The Kier molecular flexibility index (Phi) is 7.27. The van der Waals surface area contributed by atoms with Crippen LogP contribution in [-0.4, -0.2) is 35.9 Å². The van der Waals surface area contributed by atoms with Gasteiger partial charge in [-0.05, 0) is 37.0 Å². The lowest BCUT2D eigenvalue weighted by Crippen LogP contribution is -2.27. The van der Waals surface area contributed by atoms with Gasteiger partial charge in [0.2, 0.25) is 0 Å². The Morgan fingerprint density at radius 1 is 1.12 bits per heavy atom. The molecule has 1 N–H and O–H groups in total. The number of hydrogen-bond donors (Lipinski definition) is 1. The summed E-state index contributed by atoms with van der Waals surface area (Å²) in [7, 11) is 1.84. The number of amides is 1. The molecule has 0 bridgehead atoms. The zero-order valence-electron chi connectivity index (χ0n) is 14.7. The summed E-state index contributed by atoms with van der Waals surface area (Å²) in [6.07, 6.45) is 5.86. The van der Waals surface area contributed by atoms with Crippen molar-refractivity contribution >= 4 is 11.7 Å². The molecule has 4 heteroatoms. The topological polar surface area (TPSA) is 45.2 Å². The molecule has 0 radical (unpaired) electrons. The van der Waals surface area contributed by atoms with Crippen LogP contribution in [0.25, 0.3) is 0 Å². The van der Waals surface area contributed by atoms with E-state index in [1.54, 1.807) is 11.1 Å². The van der Waals surface area contributed by atoms with Gasteiger partial charge in [0.15, 0.2) is 0 Å². The number of aromatic nitrogens is 1. The van der Waals surface area contributed by atoms with Crippen molar-refractivity contribution in [3.05, 3.63) is 59.8 Å². The van der Waals surface area contributed by atoms with Crippen molar-refractivity contribution in [3.8, 4) is 0 Å². The minimum absolute atomic E-state index is 0.0339. The summed E-state index contributed by atoms with van der Waals surface area (Å²) in [5.74, 6) is 0.849. The Balaban J connectivity index is 1.76. The van der Waals surface area contributed by atoms with Gasteiger partial charge in [-0.15, -0.1) is 0 Å². The fraction of sp³-hybridized carbons (Fsp3) is 0.400. The number of anilines is 1. The number of benzene rings is 1. The van der Waals surface area contributed by atoms with Crippen LogP contribution in [-0.2, 0) is 6.42 Å². The summed E-state index contributed by atoms with van der Waals surface area (Å²) >= 11 is 0. The third kappa shape index (κ3) is 5.69. The molecule has 2 aromatic rings. The van der Waals surface area contributed by atoms with E-state index in [1.165, 1.54) is 5.56 Å². The number of carbonyl (C=O) groups is 1. The first-order valence-corrected chi connectivity index (χ1v) is 8.70. The van der Waals surface area contributed by atoms with Crippen molar-refractivity contribution in [3.63, 3.8) is 0 Å². The predicted molar refractivity (Wildman–Crippen MR) is 99.4 cm³/mol. The summed E-state index contributed by atoms with van der Waals surface area (Å²) in [5.41, 5.74) is 1.99. The standard InChI is InChI=1S/C20H27N3O/c1-3-4-15-23(2)20(24)18-12-13-19(22-16-18)21-14-8-11-17-9-6-5-7-10-17/h5-7,9-10,12-13,16H,3-4,8,11,14-15H2,1-2H3,(H,21,22). The predicted octanol–water partition coefficient (Wildman–Crippen LogP) is 4.00. The van der Waals surface area contributed by atoms with E-state index < -0.39 is 0 Å². The molecule has 0 aliphatic heterocycles. The van der Waals surface area contributed by atoms with Gasteiger partial charge in [-0.25, -0.2) is 4.98 Å². The van der Waals surface area contributed by atoms with Crippen LogP contribution in [0, 0.1) is 0 Å². The third-order valence-corrected chi connectivity index (χ3v) is 4.00. The van der Waals surface area contributed by atoms with Crippen molar-refractivity contribution in [2.24, 2.45) is 0 Å². The van der Waals surface area contributed by atoms with Crippen molar-refractivity contribution in [2.75, 3.05) is 25.5 Å². The Bertz CT molecular complexity index is 611. The highest BCUT2D eigenvalue weighted by atomic mass is 16.2. The highest BCUT2D eigenvalue weighted by molar-refractivity contribution is 5.93. The van der Waals surface area contributed by atoms with E-state index in [9.17, 15) is 4.79 Å². The first-order chi connectivity index (χ1) is 11.7. The summed E-state index contributed by atoms with van der Waals surface area (Å²) in [6, 6.07) is 14.2. The number of nitrogens with zero attached hydrogens (tertiary/aromatic N) is 2. The molecule has 0 atom stereocenters. The molecule has 0 saturated heterocycles. The van der Waals surface area contributed by atoms with Crippen LogP contribution in [0.5, 0.6) is 0 Å². The van der Waals surface area contributed by atoms with Crippen molar-refractivity contribution in [1.82, 2.24) is 9.88 Å². The minimum atomic E-state index is 0.0339. The van der Waals surface area contributed by atoms with E-state index in [0.29, 0.717) is 5.56 Å². The minimum Gasteiger partial charge on any atom is -0.370 e. The number of carbonyl (C=O) groups excluding carboxylic acids is 1. The van der Waals surface area contributed by atoms with Crippen LogP contribution in [0.1, 0.15) is 42.1 Å². The molecule has 128 valence electrons. The fourth-order valence-electron chi connectivity index (χ4n) is 2.50. The number of hydrogen-bond acceptors (Lipinski definition) is 3. The maximum atomic E-state index is 12.2. The monoisotopic (exact) mass is 325 g/mol. The lowest BCUT2D eigenvalue weighted by Gasteiger charge is -2.16. The Morgan fingerprint density at radius 2 is 1.92 bits per heavy atom. The molecule has 0 saturated carbocycles. The first-order valence-electron chi connectivity index (χ1n) is 8.70. The normalized spacial score (nSPS) is 10.4. The highest BCUT2D eigenvalue weighted by Crippen LogP contribution is 2.09. The van der Waals surface area contributed by atoms with Gasteiger partial charge in [0, 0.05) is 26.3 Å². The van der Waals surface area contributed by atoms with Crippen molar-refractivity contribution in [1.29, 1.82) is 0 Å². The van der Waals surface area contributed by atoms with Gasteiger partial charge < -0.3 is 10.2 Å². The van der Waals surface area contributed by atoms with Gasteiger partial charge in [-0.2, -0.15) is 0 Å². The molecule has 1 aromatic carbocycles. The van der Waals surface area contributed by atoms with E-state index in [0.717, 1.165) is 44.6 Å². The number of unbranched alkanes of at least 4 members (excludes halogenated alkanes) is 1. The number of pyridine rings is 1. The maximum Gasteiger partial charge on any atom is 0.255 e. The smallest absolute Gasteiger partial charge is 0.255 e. The summed E-state index contributed by atoms with van der Waals surface area (Å²) < 4.78 is 0. The van der Waals surface area contributed by atoms with Crippen LogP contribution in [0.15, 0.2) is 48.7 Å². The van der Waals surface area contributed by atoms with Crippen LogP contribution in [0.2, 0.25) is 0 Å². The van der Waals surface area contributed by atoms with Crippen LogP contribution in [0.4, 0.5) is 5.82 Å². The molecule has 1 heterocycles. The SMILES string of the molecule is CCCCN(C)C(=O)c1ccc(NCCCc2ccccc2)nc1. The summed E-state index contributed by atoms with van der Waals surface area (Å²) in [4.78, 5) is 18.4. The Hall–Kier alpha value is -2.36. The van der Waals surface area contributed by atoms with Gasteiger partial charge in [-0.1, -0.05) is 43.7 Å². The number of rotatable bonds is 9. The molecule has 2 rings (SSSR count). The van der Waals surface area contributed by atoms with Crippen LogP contribution < -0.4 is 5.32 Å². The van der Waals surface area contributed by atoms with E-state index in [1.807, 2.05) is 25.2 Å². The lowest BCUT2D eigenvalue weighted by atomic mass is 10.1. The quantitative estimate of drug-likeness (QED) is 0.709. The van der Waals surface area contributed by atoms with E-state index >= 15 is 0 Å². The van der Waals surface area contributed by atoms with E-state index in [2.05, 4.69) is 41.5 Å². The van der Waals surface area contributed by atoms with Crippen LogP contribution >= 0.6 is 0 Å². The molecule has 0 fully saturated rings. The van der Waals surface area contributed by atoms with Gasteiger partial charge in [0.05, 0.1) is 5.56 Å². The molecular weight excluding hydrogens is 298 g/mol. The second kappa shape index (κ2) is 9.71. The van der Waals surface area contributed by atoms with Crippen molar-refractivity contribution in [2.45, 2.75) is 32.6 Å². The molecule has 0 aliphatic carbocycles. The fourth-order valence-corrected chi connectivity index (χ4v) is 2.50. The molecular formula is C20H27N3O. The zero-order valence-corrected chi connectivity index (χ0v) is 14.7. The molecule has 0 aliphatic rings. The second-order valence-corrected chi connectivity index (χ2v) is 6.03. The Labute approximate surface area is 144 Å². The van der Waals surface area contributed by atoms with Gasteiger partial charge in [-0.3, -0.25) is 4.79 Å². The van der Waals surface area contributed by atoms with E-state index in [4.69, 9.17) is 0 Å². The second-order valence-electron chi connectivity index (χ2n) is 6.03. The lowest BCUT2D eigenvalue weighted by molar-refractivity contribution is 0.0793. The molecule has 0 spiro atoms. The molecule has 4 nitrogen and oxygen atoms in total. The molecule has 24 heavy (non-hydrogen) atoms. The average Bonchev–Trinajstić information content (AvgIpc) is 2.64. The molecule has 0 unspecified atom stereocenters. The van der Waals surface area contributed by atoms with Gasteiger partial charge in [0.25, 0.3) is 5.91 Å². The number of nitrogens with one attached hydrogen (secondary N) is 1.